The number of carbonyl (C=O) groups is 1. The number of nitrogens with one attached hydrogen (secondary N) is 2. The van der Waals surface area contributed by atoms with Gasteiger partial charge >= 0.3 is 0 Å². The minimum absolute atomic E-state index is 0.0339. The van der Waals surface area contributed by atoms with Crippen molar-refractivity contribution in [1.29, 1.82) is 0 Å². The van der Waals surface area contributed by atoms with Crippen molar-refractivity contribution in [3.05, 3.63) is 47.9 Å². The van der Waals surface area contributed by atoms with Gasteiger partial charge in [-0.15, -0.1) is 0 Å². The van der Waals surface area contributed by atoms with Gasteiger partial charge < -0.3 is 15.4 Å². The summed E-state index contributed by atoms with van der Waals surface area (Å²) >= 11 is 0. The van der Waals surface area contributed by atoms with E-state index in [1.807, 2.05) is 38.1 Å². The third kappa shape index (κ3) is 6.51. The van der Waals surface area contributed by atoms with Crippen LogP contribution in [-0.4, -0.2) is 60.2 Å². The molecule has 29 heavy (non-hydrogen) atoms. The standard InChI is InChI=1S/C22H31N5O2/c1-16-12-19(26-21-6-4-5-9-23-21)13-20(24-16)18-7-10-27(11-8-18)14-22(28)25-17(2)15-29-3/h4-6,9,12-13,17-18H,7-8,10-11,14-15H2,1-3H3,(H,25,28)(H,23,24,26). The number of aryl methyl sites for hydroxylation is 1. The Morgan fingerprint density at radius 2 is 2.10 bits per heavy atom. The van der Waals surface area contributed by atoms with Gasteiger partial charge in [-0.1, -0.05) is 6.07 Å². The molecule has 3 rings (SSSR count). The summed E-state index contributed by atoms with van der Waals surface area (Å²) in [6.45, 7) is 6.74. The van der Waals surface area contributed by atoms with E-state index in [9.17, 15) is 4.79 Å². The van der Waals surface area contributed by atoms with Crippen LogP contribution in [0.15, 0.2) is 36.5 Å². The predicted molar refractivity (Wildman–Crippen MR) is 114 cm³/mol. The zero-order valence-electron chi connectivity index (χ0n) is 17.5. The summed E-state index contributed by atoms with van der Waals surface area (Å²) in [6, 6.07) is 10.0. The molecule has 2 N–H and O–H groups in total. The molecule has 0 radical (unpaired) electrons. The lowest BCUT2D eigenvalue weighted by atomic mass is 9.92. The Balaban J connectivity index is 1.54. The van der Waals surface area contributed by atoms with Gasteiger partial charge in [0.2, 0.25) is 5.91 Å². The molecule has 156 valence electrons. The first-order valence-corrected chi connectivity index (χ1v) is 10.2. The summed E-state index contributed by atoms with van der Waals surface area (Å²) in [5.74, 6) is 1.29. The average molecular weight is 398 g/mol. The second-order valence-electron chi connectivity index (χ2n) is 7.74. The number of aromatic nitrogens is 2. The molecular formula is C22H31N5O2. The molecule has 1 saturated heterocycles. The molecule has 7 heteroatoms. The lowest BCUT2D eigenvalue weighted by Crippen LogP contribution is -2.44. The Morgan fingerprint density at radius 3 is 2.79 bits per heavy atom. The highest BCUT2D eigenvalue weighted by atomic mass is 16.5. The topological polar surface area (TPSA) is 79.4 Å². The van der Waals surface area contributed by atoms with Crippen molar-refractivity contribution < 1.29 is 9.53 Å². The van der Waals surface area contributed by atoms with Gasteiger partial charge in [-0.05, 0) is 64.0 Å². The van der Waals surface area contributed by atoms with Crippen molar-refractivity contribution in [2.24, 2.45) is 0 Å². The number of carbonyl (C=O) groups excluding carboxylic acids is 1. The molecular weight excluding hydrogens is 366 g/mol. The van der Waals surface area contributed by atoms with Gasteiger partial charge in [0.15, 0.2) is 0 Å². The number of piperidine rings is 1. The van der Waals surface area contributed by atoms with Crippen molar-refractivity contribution in [2.75, 3.05) is 38.7 Å². The van der Waals surface area contributed by atoms with Crippen LogP contribution in [0.2, 0.25) is 0 Å². The Bertz CT molecular complexity index is 791. The van der Waals surface area contributed by atoms with Gasteiger partial charge in [-0.25, -0.2) is 4.98 Å². The predicted octanol–water partition coefficient (Wildman–Crippen LogP) is 2.86. The van der Waals surface area contributed by atoms with Crippen LogP contribution < -0.4 is 10.6 Å². The fourth-order valence-corrected chi connectivity index (χ4v) is 3.76. The molecule has 1 aliphatic heterocycles. The summed E-state index contributed by atoms with van der Waals surface area (Å²) in [5, 5.41) is 6.34. The first-order chi connectivity index (χ1) is 14.0. The normalized spacial score (nSPS) is 16.4. The summed E-state index contributed by atoms with van der Waals surface area (Å²) in [6.07, 6.45) is 3.78. The zero-order valence-corrected chi connectivity index (χ0v) is 17.5. The lowest BCUT2D eigenvalue weighted by molar-refractivity contribution is -0.123. The highest BCUT2D eigenvalue weighted by Crippen LogP contribution is 2.29. The molecule has 0 aromatic carbocycles. The van der Waals surface area contributed by atoms with E-state index in [0.717, 1.165) is 48.8 Å². The number of hydrogen-bond acceptors (Lipinski definition) is 6. The van der Waals surface area contributed by atoms with E-state index >= 15 is 0 Å². The zero-order chi connectivity index (χ0) is 20.6. The molecule has 1 atom stereocenters. The largest absolute Gasteiger partial charge is 0.383 e. The monoisotopic (exact) mass is 397 g/mol. The van der Waals surface area contributed by atoms with Crippen LogP contribution in [0.5, 0.6) is 0 Å². The van der Waals surface area contributed by atoms with Crippen LogP contribution in [0.4, 0.5) is 11.5 Å². The van der Waals surface area contributed by atoms with Gasteiger partial charge in [-0.3, -0.25) is 14.7 Å². The Hall–Kier alpha value is -2.51. The van der Waals surface area contributed by atoms with Gasteiger partial charge in [-0.2, -0.15) is 0 Å². The molecule has 1 fully saturated rings. The Morgan fingerprint density at radius 1 is 1.31 bits per heavy atom. The van der Waals surface area contributed by atoms with Crippen molar-refractivity contribution in [1.82, 2.24) is 20.2 Å². The fourth-order valence-electron chi connectivity index (χ4n) is 3.76. The minimum Gasteiger partial charge on any atom is -0.383 e. The van der Waals surface area contributed by atoms with Gasteiger partial charge in [0, 0.05) is 42.3 Å². The molecule has 2 aromatic rings. The molecule has 7 nitrogen and oxygen atoms in total. The number of amides is 1. The smallest absolute Gasteiger partial charge is 0.234 e. The van der Waals surface area contributed by atoms with Crippen LogP contribution in [0.3, 0.4) is 0 Å². The highest BCUT2D eigenvalue weighted by molar-refractivity contribution is 5.78. The van der Waals surface area contributed by atoms with Gasteiger partial charge in [0.05, 0.1) is 13.2 Å². The number of ether oxygens (including phenoxy) is 1. The van der Waals surface area contributed by atoms with Gasteiger partial charge in [0.1, 0.15) is 5.82 Å². The van der Waals surface area contributed by atoms with Crippen LogP contribution >= 0.6 is 0 Å². The third-order valence-corrected chi connectivity index (χ3v) is 5.11. The first-order valence-electron chi connectivity index (χ1n) is 10.2. The van der Waals surface area contributed by atoms with Crippen LogP contribution in [0.1, 0.15) is 37.1 Å². The average Bonchev–Trinajstić information content (AvgIpc) is 2.69. The highest BCUT2D eigenvalue weighted by Gasteiger charge is 2.23. The number of likely N-dealkylation sites (tertiary alicyclic amines) is 1. The molecule has 3 heterocycles. The van der Waals surface area contributed by atoms with E-state index in [1.54, 1.807) is 13.3 Å². The Labute approximate surface area is 172 Å². The van der Waals surface area contributed by atoms with Crippen molar-refractivity contribution >= 4 is 17.4 Å². The van der Waals surface area contributed by atoms with Crippen molar-refractivity contribution in [3.8, 4) is 0 Å². The van der Waals surface area contributed by atoms with E-state index in [4.69, 9.17) is 9.72 Å². The van der Waals surface area contributed by atoms with E-state index in [-0.39, 0.29) is 11.9 Å². The van der Waals surface area contributed by atoms with Crippen molar-refractivity contribution in [3.63, 3.8) is 0 Å². The summed E-state index contributed by atoms with van der Waals surface area (Å²) < 4.78 is 5.07. The third-order valence-electron chi connectivity index (χ3n) is 5.11. The molecule has 0 bridgehead atoms. The number of methoxy groups -OCH3 is 1. The SMILES string of the molecule is COCC(C)NC(=O)CN1CCC(c2cc(Nc3ccccn3)cc(C)n2)CC1. The molecule has 1 unspecified atom stereocenters. The molecule has 0 spiro atoms. The maximum absolute atomic E-state index is 12.2. The summed E-state index contributed by atoms with van der Waals surface area (Å²) in [5.41, 5.74) is 3.12. The number of anilines is 2. The van der Waals surface area contributed by atoms with Crippen LogP contribution in [-0.2, 0) is 9.53 Å². The van der Waals surface area contributed by atoms with E-state index < -0.39 is 0 Å². The second kappa shape index (κ2) is 10.3. The minimum atomic E-state index is 0.0339. The van der Waals surface area contributed by atoms with Gasteiger partial charge in [0.25, 0.3) is 0 Å². The molecule has 2 aromatic heterocycles. The molecule has 0 saturated carbocycles. The second-order valence-corrected chi connectivity index (χ2v) is 7.74. The number of nitrogens with zero attached hydrogens (tertiary/aromatic N) is 3. The van der Waals surface area contributed by atoms with E-state index in [1.165, 1.54) is 0 Å². The van der Waals surface area contributed by atoms with Crippen molar-refractivity contribution in [2.45, 2.75) is 38.6 Å². The Kier molecular flexibility index (Phi) is 7.55. The summed E-state index contributed by atoms with van der Waals surface area (Å²) in [7, 11) is 1.64. The lowest BCUT2D eigenvalue weighted by Gasteiger charge is -2.31. The first kappa shape index (κ1) is 21.2. The maximum Gasteiger partial charge on any atom is 0.234 e. The maximum atomic E-state index is 12.2. The van der Waals surface area contributed by atoms with Crippen LogP contribution in [0, 0.1) is 6.92 Å². The fraction of sp³-hybridized carbons (Fsp3) is 0.500. The number of hydrogen-bond donors (Lipinski definition) is 2. The quantitative estimate of drug-likeness (QED) is 0.713. The van der Waals surface area contributed by atoms with E-state index in [0.29, 0.717) is 19.1 Å². The molecule has 1 amide bonds. The van der Waals surface area contributed by atoms with E-state index in [2.05, 4.69) is 26.6 Å². The molecule has 0 aliphatic carbocycles. The molecule has 1 aliphatic rings. The van der Waals surface area contributed by atoms with Crippen LogP contribution in [0.25, 0.3) is 0 Å². The summed E-state index contributed by atoms with van der Waals surface area (Å²) in [4.78, 5) is 23.5. The number of pyridine rings is 2. The number of rotatable bonds is 8.